The number of nitrogens with zero attached hydrogens (tertiary/aromatic N) is 1. The van der Waals surface area contributed by atoms with Gasteiger partial charge in [0.1, 0.15) is 29.4 Å². The summed E-state index contributed by atoms with van der Waals surface area (Å²) >= 11 is 0. The smallest absolute Gasteiger partial charge is 0.261 e. The zero-order chi connectivity index (χ0) is 19.3. The highest BCUT2D eigenvalue weighted by Crippen LogP contribution is 2.23. The number of hydrogen-bond donors (Lipinski definition) is 2. The molecule has 1 aromatic heterocycles. The lowest BCUT2D eigenvalue weighted by Gasteiger charge is -2.22. The van der Waals surface area contributed by atoms with Gasteiger partial charge in [-0.15, -0.1) is 0 Å². The number of aromatic nitrogens is 2. The van der Waals surface area contributed by atoms with Crippen LogP contribution in [0.4, 0.5) is 4.39 Å². The number of aromatic amines is 1. The average Bonchev–Trinajstić information content (AvgIpc) is 2.72. The van der Waals surface area contributed by atoms with Gasteiger partial charge in [-0.1, -0.05) is 0 Å². The van der Waals surface area contributed by atoms with Crippen LogP contribution < -0.4 is 15.6 Å². The third-order valence-electron chi connectivity index (χ3n) is 5.35. The van der Waals surface area contributed by atoms with E-state index < -0.39 is 11.4 Å². The Morgan fingerprint density at radius 3 is 2.75 bits per heavy atom. The van der Waals surface area contributed by atoms with Gasteiger partial charge in [0.15, 0.2) is 0 Å². The lowest BCUT2D eigenvalue weighted by molar-refractivity contribution is -0.0408. The third kappa shape index (κ3) is 4.68. The Morgan fingerprint density at radius 1 is 1.18 bits per heavy atom. The number of H-pyrrole nitrogens is 1. The molecule has 0 unspecified atom stereocenters. The number of benzene rings is 1. The number of hydrogen-bond acceptors (Lipinski definition) is 6. The van der Waals surface area contributed by atoms with E-state index in [9.17, 15) is 9.18 Å². The molecule has 2 aromatic rings. The van der Waals surface area contributed by atoms with E-state index >= 15 is 0 Å². The van der Waals surface area contributed by atoms with Crippen LogP contribution >= 0.6 is 0 Å². The van der Waals surface area contributed by atoms with Crippen LogP contribution in [0.25, 0.3) is 10.9 Å². The van der Waals surface area contributed by atoms with Gasteiger partial charge in [0.25, 0.3) is 5.56 Å². The summed E-state index contributed by atoms with van der Waals surface area (Å²) in [4.78, 5) is 19.3. The Morgan fingerprint density at radius 2 is 1.96 bits per heavy atom. The first-order valence-corrected chi connectivity index (χ1v) is 9.94. The molecule has 28 heavy (non-hydrogen) atoms. The van der Waals surface area contributed by atoms with Crippen molar-refractivity contribution in [2.75, 3.05) is 32.9 Å². The second kappa shape index (κ2) is 8.98. The van der Waals surface area contributed by atoms with Crippen molar-refractivity contribution < 1.29 is 18.6 Å². The minimum absolute atomic E-state index is 0.0518. The lowest BCUT2D eigenvalue weighted by atomic mass is 9.99. The number of halogens is 1. The maximum atomic E-state index is 14.5. The highest BCUT2D eigenvalue weighted by Gasteiger charge is 2.17. The van der Waals surface area contributed by atoms with Crippen molar-refractivity contribution in [2.45, 2.75) is 38.4 Å². The SMILES string of the molecule is O=c1[nH]c(COC2CCOCC2)nc2cc(OCC3CCNCC3)cc(F)c12. The van der Waals surface area contributed by atoms with Gasteiger partial charge in [-0.05, 0) is 44.7 Å². The maximum Gasteiger partial charge on any atom is 0.261 e. The molecule has 0 atom stereocenters. The minimum atomic E-state index is -0.622. The highest BCUT2D eigenvalue weighted by atomic mass is 19.1. The molecule has 0 radical (unpaired) electrons. The number of ether oxygens (including phenoxy) is 3. The summed E-state index contributed by atoms with van der Waals surface area (Å²) in [7, 11) is 0. The number of piperidine rings is 1. The molecule has 0 saturated carbocycles. The summed E-state index contributed by atoms with van der Waals surface area (Å²) in [5, 5.41) is 3.26. The van der Waals surface area contributed by atoms with Gasteiger partial charge >= 0.3 is 0 Å². The van der Waals surface area contributed by atoms with Crippen molar-refractivity contribution in [3.63, 3.8) is 0 Å². The minimum Gasteiger partial charge on any atom is -0.493 e. The molecule has 0 bridgehead atoms. The lowest BCUT2D eigenvalue weighted by Crippen LogP contribution is -2.30. The van der Waals surface area contributed by atoms with Crippen LogP contribution in [0.15, 0.2) is 16.9 Å². The third-order valence-corrected chi connectivity index (χ3v) is 5.35. The summed E-state index contributed by atoms with van der Waals surface area (Å²) in [5.74, 6) is 0.621. The molecule has 2 N–H and O–H groups in total. The standard InChI is InChI=1S/C20H26FN3O4/c21-16-9-15(27-11-13-1-5-22-6-2-13)10-17-19(16)20(25)24-18(23-17)12-28-14-3-7-26-8-4-14/h9-10,13-14,22H,1-8,11-12H2,(H,23,24,25). The van der Waals surface area contributed by atoms with Gasteiger partial charge in [0, 0.05) is 25.3 Å². The second-order valence-electron chi connectivity index (χ2n) is 7.44. The summed E-state index contributed by atoms with van der Waals surface area (Å²) in [6.45, 7) is 4.03. The van der Waals surface area contributed by atoms with Crippen molar-refractivity contribution in [1.82, 2.24) is 15.3 Å². The largest absolute Gasteiger partial charge is 0.493 e. The van der Waals surface area contributed by atoms with E-state index in [0.29, 0.717) is 37.3 Å². The summed E-state index contributed by atoms with van der Waals surface area (Å²) in [6.07, 6.45) is 3.82. The second-order valence-corrected chi connectivity index (χ2v) is 7.44. The molecule has 0 aliphatic carbocycles. The average molecular weight is 391 g/mol. The molecule has 7 nitrogen and oxygen atoms in total. The molecule has 2 saturated heterocycles. The first-order valence-electron chi connectivity index (χ1n) is 9.94. The van der Waals surface area contributed by atoms with E-state index in [0.717, 1.165) is 38.8 Å². The molecule has 2 fully saturated rings. The van der Waals surface area contributed by atoms with Gasteiger partial charge in [-0.25, -0.2) is 9.37 Å². The Labute approximate surface area is 162 Å². The monoisotopic (exact) mass is 391 g/mol. The van der Waals surface area contributed by atoms with Crippen LogP contribution in [0, 0.1) is 11.7 Å². The van der Waals surface area contributed by atoms with Crippen LogP contribution in [-0.4, -0.2) is 49.0 Å². The fraction of sp³-hybridized carbons (Fsp3) is 0.600. The van der Waals surface area contributed by atoms with Crippen molar-refractivity contribution >= 4 is 10.9 Å². The van der Waals surface area contributed by atoms with E-state index in [1.807, 2.05) is 0 Å². The predicted molar refractivity (Wildman–Crippen MR) is 102 cm³/mol. The van der Waals surface area contributed by atoms with E-state index in [2.05, 4.69) is 15.3 Å². The van der Waals surface area contributed by atoms with Crippen molar-refractivity contribution in [3.05, 3.63) is 34.1 Å². The molecule has 8 heteroatoms. The van der Waals surface area contributed by atoms with Crippen LogP contribution in [0.3, 0.4) is 0 Å². The summed E-state index contributed by atoms with van der Waals surface area (Å²) in [5.41, 5.74) is -0.215. The first-order chi connectivity index (χ1) is 13.7. The molecule has 3 heterocycles. The Balaban J connectivity index is 1.48. The number of nitrogens with one attached hydrogen (secondary N) is 2. The van der Waals surface area contributed by atoms with E-state index in [4.69, 9.17) is 14.2 Å². The van der Waals surface area contributed by atoms with E-state index in [1.165, 1.54) is 6.07 Å². The Hall–Kier alpha value is -2.03. The van der Waals surface area contributed by atoms with Crippen molar-refractivity contribution in [2.24, 2.45) is 5.92 Å². The number of rotatable bonds is 6. The molecule has 1 aromatic carbocycles. The molecule has 4 rings (SSSR count). The fourth-order valence-electron chi connectivity index (χ4n) is 3.70. The van der Waals surface area contributed by atoms with Crippen LogP contribution in [0.5, 0.6) is 5.75 Å². The molecule has 152 valence electrons. The van der Waals surface area contributed by atoms with E-state index in [1.54, 1.807) is 6.07 Å². The van der Waals surface area contributed by atoms with Crippen LogP contribution in [0.1, 0.15) is 31.5 Å². The van der Waals surface area contributed by atoms with Crippen molar-refractivity contribution in [1.29, 1.82) is 0 Å². The molecular formula is C20H26FN3O4. The molecule has 2 aliphatic heterocycles. The van der Waals surface area contributed by atoms with Crippen molar-refractivity contribution in [3.8, 4) is 5.75 Å². The highest BCUT2D eigenvalue weighted by molar-refractivity contribution is 5.79. The summed E-state index contributed by atoms with van der Waals surface area (Å²) in [6, 6.07) is 2.89. The summed E-state index contributed by atoms with van der Waals surface area (Å²) < 4.78 is 31.4. The van der Waals surface area contributed by atoms with E-state index in [-0.39, 0.29) is 23.6 Å². The molecule has 0 spiro atoms. The van der Waals surface area contributed by atoms with Crippen LogP contribution in [0.2, 0.25) is 0 Å². The first kappa shape index (κ1) is 19.3. The number of fused-ring (bicyclic) bond motifs is 1. The van der Waals surface area contributed by atoms with Gasteiger partial charge in [0.2, 0.25) is 0 Å². The normalized spacial score (nSPS) is 19.2. The van der Waals surface area contributed by atoms with Gasteiger partial charge in [-0.3, -0.25) is 4.79 Å². The van der Waals surface area contributed by atoms with Gasteiger partial charge in [-0.2, -0.15) is 0 Å². The zero-order valence-corrected chi connectivity index (χ0v) is 15.8. The Bertz CT molecular complexity index is 855. The quantitative estimate of drug-likeness (QED) is 0.785. The maximum absolute atomic E-state index is 14.5. The molecule has 0 amide bonds. The van der Waals surface area contributed by atoms with Gasteiger partial charge < -0.3 is 24.5 Å². The van der Waals surface area contributed by atoms with Gasteiger partial charge in [0.05, 0.1) is 18.2 Å². The predicted octanol–water partition coefficient (Wildman–Crippen LogP) is 2.14. The Kier molecular flexibility index (Phi) is 6.19. The topological polar surface area (TPSA) is 85.5 Å². The molecular weight excluding hydrogens is 365 g/mol. The van der Waals surface area contributed by atoms with Crippen LogP contribution in [-0.2, 0) is 16.1 Å². The fourth-order valence-corrected chi connectivity index (χ4v) is 3.70. The molecule has 2 aliphatic rings. The zero-order valence-electron chi connectivity index (χ0n) is 15.8.